The quantitative estimate of drug-likeness (QED) is 0.140. The fourth-order valence-electron chi connectivity index (χ4n) is 2.36. The molecule has 0 fully saturated rings. The second kappa shape index (κ2) is 17.3. The number of hydroxylamine groups is 1. The molecule has 0 bridgehead atoms. The van der Waals surface area contributed by atoms with E-state index in [9.17, 15) is 20.1 Å². The molecular formula is C17H35NO6. The summed E-state index contributed by atoms with van der Waals surface area (Å²) in [7, 11) is 0. The Bertz CT molecular complexity index is 280. The Hall–Kier alpha value is -0.570. The van der Waals surface area contributed by atoms with Crippen LogP contribution < -0.4 is 5.48 Å². The van der Waals surface area contributed by atoms with Crippen molar-refractivity contribution in [3.63, 3.8) is 0 Å². The lowest BCUT2D eigenvalue weighted by Gasteiger charge is -2.22. The number of aldehydes is 1. The van der Waals surface area contributed by atoms with E-state index in [1.165, 1.54) is 25.7 Å². The first-order valence-corrected chi connectivity index (χ1v) is 9.06. The van der Waals surface area contributed by atoms with Gasteiger partial charge >= 0.3 is 0 Å². The van der Waals surface area contributed by atoms with Crippen LogP contribution in [0.2, 0.25) is 0 Å². The third-order valence-corrected chi connectivity index (χ3v) is 3.92. The molecule has 0 aromatic carbocycles. The predicted molar refractivity (Wildman–Crippen MR) is 91.3 cm³/mol. The van der Waals surface area contributed by atoms with Crippen LogP contribution in [0.25, 0.3) is 0 Å². The zero-order valence-electron chi connectivity index (χ0n) is 14.6. The first kappa shape index (κ1) is 23.4. The number of hydrogen-bond acceptors (Lipinski definition) is 7. The van der Waals surface area contributed by atoms with E-state index in [4.69, 9.17) is 9.94 Å². The first-order valence-electron chi connectivity index (χ1n) is 9.06. The zero-order chi connectivity index (χ0) is 18.0. The van der Waals surface area contributed by atoms with Crippen LogP contribution in [0.15, 0.2) is 0 Å². The summed E-state index contributed by atoms with van der Waals surface area (Å²) in [6, 6.07) is 0. The van der Waals surface area contributed by atoms with Gasteiger partial charge in [-0.2, -0.15) is 0 Å². The van der Waals surface area contributed by atoms with E-state index < -0.39 is 18.3 Å². The average molecular weight is 349 g/mol. The molecule has 0 aromatic rings. The fraction of sp³-hybridized carbons (Fsp3) is 0.941. The van der Waals surface area contributed by atoms with Gasteiger partial charge in [-0.1, -0.05) is 38.5 Å². The highest BCUT2D eigenvalue weighted by atomic mass is 16.6. The van der Waals surface area contributed by atoms with Crippen molar-refractivity contribution in [1.29, 1.82) is 0 Å². The van der Waals surface area contributed by atoms with Crippen LogP contribution in [0.3, 0.4) is 0 Å². The molecule has 7 heteroatoms. The van der Waals surface area contributed by atoms with Crippen molar-refractivity contribution in [1.82, 2.24) is 5.48 Å². The summed E-state index contributed by atoms with van der Waals surface area (Å²) in [6.07, 6.45) is 6.97. The normalized spacial score (nSPS) is 15.2. The fourth-order valence-corrected chi connectivity index (χ4v) is 2.36. The second-order valence-electron chi connectivity index (χ2n) is 6.13. The van der Waals surface area contributed by atoms with Crippen molar-refractivity contribution in [2.75, 3.05) is 19.8 Å². The topological polar surface area (TPSA) is 119 Å². The Labute approximate surface area is 145 Å². The maximum absolute atomic E-state index is 10.2. The van der Waals surface area contributed by atoms with Gasteiger partial charge in [0.1, 0.15) is 18.5 Å². The number of rotatable bonds is 18. The van der Waals surface area contributed by atoms with Crippen LogP contribution in [-0.2, 0) is 9.63 Å². The summed E-state index contributed by atoms with van der Waals surface area (Å²) in [5, 5.41) is 37.3. The van der Waals surface area contributed by atoms with Gasteiger partial charge in [0.15, 0.2) is 0 Å². The molecule has 24 heavy (non-hydrogen) atoms. The van der Waals surface area contributed by atoms with Crippen LogP contribution in [0.4, 0.5) is 0 Å². The summed E-state index contributed by atoms with van der Waals surface area (Å²) >= 11 is 0. The summed E-state index contributed by atoms with van der Waals surface area (Å²) in [5.74, 6) is 0. The molecule has 0 aliphatic carbocycles. The summed E-state index contributed by atoms with van der Waals surface area (Å²) in [4.78, 5) is 15.2. The minimum atomic E-state index is -1.33. The van der Waals surface area contributed by atoms with Gasteiger partial charge in [0.2, 0.25) is 0 Å². The Balaban J connectivity index is 3.31. The highest BCUT2D eigenvalue weighted by Gasteiger charge is 2.24. The molecule has 7 nitrogen and oxygen atoms in total. The van der Waals surface area contributed by atoms with E-state index in [-0.39, 0.29) is 19.6 Å². The van der Waals surface area contributed by atoms with Crippen LogP contribution in [0.5, 0.6) is 0 Å². The van der Waals surface area contributed by atoms with E-state index >= 15 is 0 Å². The number of aliphatic hydroxyl groups excluding tert-OH is 4. The predicted octanol–water partition coefficient (Wildman–Crippen LogP) is 0.682. The van der Waals surface area contributed by atoms with Crippen molar-refractivity contribution >= 4 is 6.29 Å². The number of hydrogen-bond donors (Lipinski definition) is 5. The number of carbonyl (C=O) groups excluding carboxylic acids is 1. The SMILES string of the molecule is O=CCCCCCCCCCCNOCC(O)C(O)C(O)CCO. The molecule has 3 unspecified atom stereocenters. The van der Waals surface area contributed by atoms with Gasteiger partial charge in [0.25, 0.3) is 0 Å². The minimum absolute atomic E-state index is 0.0166. The lowest BCUT2D eigenvalue weighted by molar-refractivity contribution is -0.108. The van der Waals surface area contributed by atoms with Gasteiger partial charge in [0.05, 0.1) is 12.7 Å². The molecule has 0 amide bonds. The van der Waals surface area contributed by atoms with Crippen LogP contribution >= 0.6 is 0 Å². The Morgan fingerprint density at radius 1 is 0.875 bits per heavy atom. The molecule has 0 heterocycles. The monoisotopic (exact) mass is 349 g/mol. The molecule has 0 rings (SSSR count). The van der Waals surface area contributed by atoms with E-state index in [0.29, 0.717) is 13.0 Å². The second-order valence-corrected chi connectivity index (χ2v) is 6.13. The highest BCUT2D eigenvalue weighted by Crippen LogP contribution is 2.09. The van der Waals surface area contributed by atoms with Gasteiger partial charge in [-0.15, -0.1) is 0 Å². The standard InChI is InChI=1S/C17H35NO6/c19-12-9-7-5-3-1-2-4-6-8-11-18-24-14-16(22)17(23)15(21)10-13-20/h12,15-18,20-23H,1-11,13-14H2. The van der Waals surface area contributed by atoms with E-state index in [1.807, 2.05) is 0 Å². The van der Waals surface area contributed by atoms with Gasteiger partial charge in [0, 0.05) is 19.6 Å². The van der Waals surface area contributed by atoms with Gasteiger partial charge in [-0.05, 0) is 19.3 Å². The maximum atomic E-state index is 10.2. The molecule has 5 N–H and O–H groups in total. The van der Waals surface area contributed by atoms with Crippen LogP contribution in [-0.4, -0.2) is 64.8 Å². The Morgan fingerprint density at radius 3 is 2.04 bits per heavy atom. The lowest BCUT2D eigenvalue weighted by Crippen LogP contribution is -2.41. The molecule has 0 spiro atoms. The van der Waals surface area contributed by atoms with Crippen molar-refractivity contribution in [2.24, 2.45) is 0 Å². The largest absolute Gasteiger partial charge is 0.396 e. The van der Waals surface area contributed by atoms with Gasteiger partial charge in [-0.3, -0.25) is 4.84 Å². The van der Waals surface area contributed by atoms with Crippen LogP contribution in [0.1, 0.15) is 64.2 Å². The average Bonchev–Trinajstić information content (AvgIpc) is 2.58. The van der Waals surface area contributed by atoms with Crippen LogP contribution in [0, 0.1) is 0 Å². The summed E-state index contributed by atoms with van der Waals surface area (Å²) in [5.41, 5.74) is 2.73. The van der Waals surface area contributed by atoms with E-state index in [1.54, 1.807) is 0 Å². The molecule has 0 radical (unpaired) electrons. The maximum Gasteiger partial charge on any atom is 0.119 e. The van der Waals surface area contributed by atoms with Gasteiger partial charge in [-0.25, -0.2) is 5.48 Å². The molecule has 0 aliphatic heterocycles. The summed E-state index contributed by atoms with van der Waals surface area (Å²) in [6.45, 7) is 0.300. The molecule has 144 valence electrons. The number of unbranched alkanes of at least 4 members (excludes halogenated alkanes) is 8. The molecule has 0 aromatic heterocycles. The Kier molecular flexibility index (Phi) is 16.8. The molecular weight excluding hydrogens is 314 g/mol. The smallest absolute Gasteiger partial charge is 0.119 e. The van der Waals surface area contributed by atoms with Crippen molar-refractivity contribution in [3.8, 4) is 0 Å². The van der Waals surface area contributed by atoms with E-state index in [0.717, 1.165) is 32.0 Å². The van der Waals surface area contributed by atoms with Gasteiger partial charge < -0.3 is 25.2 Å². The third kappa shape index (κ3) is 13.8. The highest BCUT2D eigenvalue weighted by molar-refractivity contribution is 5.48. The molecule has 3 atom stereocenters. The number of aliphatic hydroxyl groups is 4. The molecule has 0 saturated heterocycles. The lowest BCUT2D eigenvalue weighted by atomic mass is 10.1. The first-order chi connectivity index (χ1) is 11.6. The summed E-state index contributed by atoms with van der Waals surface area (Å²) < 4.78 is 0. The van der Waals surface area contributed by atoms with E-state index in [2.05, 4.69) is 5.48 Å². The van der Waals surface area contributed by atoms with Crippen molar-refractivity contribution in [2.45, 2.75) is 82.5 Å². The van der Waals surface area contributed by atoms with Crippen molar-refractivity contribution < 1.29 is 30.1 Å². The zero-order valence-corrected chi connectivity index (χ0v) is 14.6. The third-order valence-electron chi connectivity index (χ3n) is 3.92. The molecule has 0 saturated carbocycles. The number of carbonyl (C=O) groups is 1. The Morgan fingerprint density at radius 2 is 1.46 bits per heavy atom. The van der Waals surface area contributed by atoms with Crippen molar-refractivity contribution in [3.05, 3.63) is 0 Å². The minimum Gasteiger partial charge on any atom is -0.396 e. The molecule has 0 aliphatic rings. The number of nitrogens with one attached hydrogen (secondary N) is 1.